The van der Waals surface area contributed by atoms with Gasteiger partial charge in [-0.3, -0.25) is 15.0 Å². The average molecular weight is 274 g/mol. The van der Waals surface area contributed by atoms with Crippen LogP contribution in [0.15, 0.2) is 24.3 Å². The number of rotatable bonds is 5. The smallest absolute Gasteiger partial charge is 0.269 e. The van der Waals surface area contributed by atoms with Gasteiger partial charge in [-0.05, 0) is 12.1 Å². The largest absolute Gasteiger partial charge is 0.369 e. The number of non-ortho nitro benzene ring substituents is 1. The summed E-state index contributed by atoms with van der Waals surface area (Å²) in [6.45, 7) is 12.2. The van der Waals surface area contributed by atoms with Gasteiger partial charge in [-0.15, -0.1) is 0 Å². The van der Waals surface area contributed by atoms with E-state index < -0.39 is 0 Å². The van der Waals surface area contributed by atoms with Gasteiger partial charge in [0.25, 0.3) is 5.69 Å². The maximum Gasteiger partial charge on any atom is 0.269 e. The highest BCUT2D eigenvalue weighted by Crippen LogP contribution is 2.20. The zero-order valence-corrected chi connectivity index (χ0v) is 11.4. The van der Waals surface area contributed by atoms with Crippen LogP contribution in [0.25, 0.3) is 4.85 Å². The van der Waals surface area contributed by atoms with Gasteiger partial charge in [0.05, 0.1) is 4.92 Å². The number of hydrogen-bond donors (Lipinski definition) is 0. The predicted molar refractivity (Wildman–Crippen MR) is 77.8 cm³/mol. The number of piperazine rings is 1. The van der Waals surface area contributed by atoms with Crippen LogP contribution in [0.3, 0.4) is 0 Å². The molecule has 1 heterocycles. The molecule has 0 N–H and O–H groups in total. The van der Waals surface area contributed by atoms with E-state index in [0.717, 1.165) is 44.8 Å². The summed E-state index contributed by atoms with van der Waals surface area (Å²) in [6, 6.07) is 6.73. The van der Waals surface area contributed by atoms with E-state index in [1.165, 1.54) is 0 Å². The Bertz CT molecular complexity index is 487. The lowest BCUT2D eigenvalue weighted by Gasteiger charge is -2.35. The summed E-state index contributed by atoms with van der Waals surface area (Å²) < 4.78 is 0. The monoisotopic (exact) mass is 274 g/mol. The van der Waals surface area contributed by atoms with Crippen LogP contribution >= 0.6 is 0 Å². The lowest BCUT2D eigenvalue weighted by Crippen LogP contribution is -2.46. The highest BCUT2D eigenvalue weighted by Gasteiger charge is 2.17. The van der Waals surface area contributed by atoms with E-state index in [2.05, 4.69) is 14.6 Å². The van der Waals surface area contributed by atoms with Crippen molar-refractivity contribution in [3.63, 3.8) is 0 Å². The molecule has 106 valence electrons. The van der Waals surface area contributed by atoms with Crippen LogP contribution in [-0.2, 0) is 0 Å². The van der Waals surface area contributed by atoms with Gasteiger partial charge in [0.2, 0.25) is 6.54 Å². The van der Waals surface area contributed by atoms with Crippen LogP contribution in [-0.4, -0.2) is 49.1 Å². The van der Waals surface area contributed by atoms with Gasteiger partial charge in [0, 0.05) is 57.0 Å². The molecule has 0 bridgehead atoms. The molecule has 1 aromatic rings. The van der Waals surface area contributed by atoms with E-state index in [0.29, 0.717) is 6.54 Å². The van der Waals surface area contributed by atoms with E-state index in [1.54, 1.807) is 12.1 Å². The number of nitro benzene ring substituents is 1. The van der Waals surface area contributed by atoms with E-state index in [4.69, 9.17) is 6.57 Å². The normalized spacial score (nSPS) is 15.8. The van der Waals surface area contributed by atoms with Crippen molar-refractivity contribution in [1.82, 2.24) is 4.90 Å². The van der Waals surface area contributed by atoms with Crippen LogP contribution in [0.1, 0.15) is 6.42 Å². The van der Waals surface area contributed by atoms with Crippen molar-refractivity contribution in [2.75, 3.05) is 44.2 Å². The van der Waals surface area contributed by atoms with Crippen LogP contribution in [0, 0.1) is 16.7 Å². The molecule has 1 saturated heterocycles. The Morgan fingerprint density at radius 3 is 2.40 bits per heavy atom. The van der Waals surface area contributed by atoms with Gasteiger partial charge in [0.15, 0.2) is 0 Å². The van der Waals surface area contributed by atoms with Crippen LogP contribution in [0.2, 0.25) is 0 Å². The van der Waals surface area contributed by atoms with Crippen molar-refractivity contribution in [2.45, 2.75) is 6.42 Å². The van der Waals surface area contributed by atoms with Gasteiger partial charge >= 0.3 is 0 Å². The minimum Gasteiger partial charge on any atom is -0.369 e. The van der Waals surface area contributed by atoms with E-state index >= 15 is 0 Å². The molecule has 0 radical (unpaired) electrons. The summed E-state index contributed by atoms with van der Waals surface area (Å²) in [6.07, 6.45) is 0.932. The predicted octanol–water partition coefficient (Wildman–Crippen LogP) is 2.03. The zero-order chi connectivity index (χ0) is 14.4. The fourth-order valence-electron chi connectivity index (χ4n) is 2.39. The minimum absolute atomic E-state index is 0.131. The SMILES string of the molecule is [C-]#[N+]CCCN1CCN(c2ccc([N+](=O)[O-])cc2)CC1. The van der Waals surface area contributed by atoms with E-state index in [9.17, 15) is 10.1 Å². The summed E-state index contributed by atoms with van der Waals surface area (Å²) in [5.41, 5.74) is 1.17. The van der Waals surface area contributed by atoms with Gasteiger partial charge < -0.3 is 9.74 Å². The Balaban J connectivity index is 1.84. The molecule has 1 aliphatic rings. The third-order valence-electron chi connectivity index (χ3n) is 3.54. The molecule has 20 heavy (non-hydrogen) atoms. The first-order valence-electron chi connectivity index (χ1n) is 6.75. The lowest BCUT2D eigenvalue weighted by atomic mass is 10.2. The molecule has 0 amide bonds. The van der Waals surface area contributed by atoms with Crippen LogP contribution < -0.4 is 4.90 Å². The molecule has 0 aromatic heterocycles. The van der Waals surface area contributed by atoms with Gasteiger partial charge in [0.1, 0.15) is 0 Å². The number of nitro groups is 1. The second-order valence-electron chi connectivity index (χ2n) is 4.84. The van der Waals surface area contributed by atoms with Crippen molar-refractivity contribution in [1.29, 1.82) is 0 Å². The lowest BCUT2D eigenvalue weighted by molar-refractivity contribution is -0.384. The first kappa shape index (κ1) is 14.3. The molecule has 2 rings (SSSR count). The molecule has 6 nitrogen and oxygen atoms in total. The Morgan fingerprint density at radius 1 is 1.20 bits per heavy atom. The van der Waals surface area contributed by atoms with Gasteiger partial charge in [-0.1, -0.05) is 0 Å². The van der Waals surface area contributed by atoms with Crippen molar-refractivity contribution in [3.8, 4) is 0 Å². The molecular weight excluding hydrogens is 256 g/mol. The molecule has 1 fully saturated rings. The van der Waals surface area contributed by atoms with Crippen LogP contribution in [0.5, 0.6) is 0 Å². The quantitative estimate of drug-likeness (QED) is 0.357. The maximum atomic E-state index is 10.6. The Labute approximate surface area is 118 Å². The van der Waals surface area contributed by atoms with E-state index in [-0.39, 0.29) is 10.6 Å². The molecule has 0 atom stereocenters. The minimum atomic E-state index is -0.376. The molecule has 6 heteroatoms. The molecule has 1 aromatic carbocycles. The summed E-state index contributed by atoms with van der Waals surface area (Å²) >= 11 is 0. The zero-order valence-electron chi connectivity index (χ0n) is 11.4. The first-order chi connectivity index (χ1) is 9.70. The van der Waals surface area contributed by atoms with Crippen LogP contribution in [0.4, 0.5) is 11.4 Å². The third kappa shape index (κ3) is 3.68. The molecule has 0 unspecified atom stereocenters. The summed E-state index contributed by atoms with van der Waals surface area (Å²) in [5.74, 6) is 0. The Morgan fingerprint density at radius 2 is 1.85 bits per heavy atom. The Kier molecular flexibility index (Phi) is 4.91. The topological polar surface area (TPSA) is 54.0 Å². The first-order valence-corrected chi connectivity index (χ1v) is 6.75. The summed E-state index contributed by atoms with van der Waals surface area (Å²) in [5, 5.41) is 10.6. The molecule has 1 aliphatic heterocycles. The summed E-state index contributed by atoms with van der Waals surface area (Å²) in [7, 11) is 0. The van der Waals surface area contributed by atoms with Crippen molar-refractivity contribution in [2.24, 2.45) is 0 Å². The molecular formula is C14H18N4O2. The number of hydrogen-bond acceptors (Lipinski definition) is 4. The maximum absolute atomic E-state index is 10.6. The van der Waals surface area contributed by atoms with E-state index in [1.807, 2.05) is 12.1 Å². The second-order valence-corrected chi connectivity index (χ2v) is 4.84. The highest BCUT2D eigenvalue weighted by atomic mass is 16.6. The van der Waals surface area contributed by atoms with Crippen molar-refractivity contribution >= 4 is 11.4 Å². The van der Waals surface area contributed by atoms with Gasteiger partial charge in [-0.2, -0.15) is 0 Å². The standard InChI is InChI=1S/C14H18N4O2/c1-15-7-2-8-16-9-11-17(12-10-16)13-3-5-14(6-4-13)18(19)20/h3-6H,2,7-12H2. The second kappa shape index (κ2) is 6.87. The van der Waals surface area contributed by atoms with Crippen molar-refractivity contribution in [3.05, 3.63) is 45.8 Å². The third-order valence-corrected chi connectivity index (χ3v) is 3.54. The average Bonchev–Trinajstić information content (AvgIpc) is 2.48. The molecule has 0 aliphatic carbocycles. The van der Waals surface area contributed by atoms with Crippen molar-refractivity contribution < 1.29 is 4.92 Å². The van der Waals surface area contributed by atoms with Gasteiger partial charge in [-0.25, -0.2) is 6.57 Å². The fourth-order valence-corrected chi connectivity index (χ4v) is 2.39. The number of benzene rings is 1. The molecule has 0 spiro atoms. The summed E-state index contributed by atoms with van der Waals surface area (Å²) in [4.78, 5) is 18.2. The highest BCUT2D eigenvalue weighted by molar-refractivity contribution is 5.51. The number of anilines is 1. The fraction of sp³-hybridized carbons (Fsp3) is 0.500. The molecule has 0 saturated carbocycles. The number of nitrogens with zero attached hydrogens (tertiary/aromatic N) is 4. The Hall–Kier alpha value is -2.13.